The monoisotopic (exact) mass is 330 g/mol. The van der Waals surface area contributed by atoms with Crippen molar-refractivity contribution in [2.24, 2.45) is 7.05 Å². The summed E-state index contributed by atoms with van der Waals surface area (Å²) < 4.78 is 7.48. The molecular formula is C16H20N5OS+. The lowest BCUT2D eigenvalue weighted by atomic mass is 10.2. The zero-order chi connectivity index (χ0) is 15.6. The number of ether oxygens (including phenoxy) is 1. The van der Waals surface area contributed by atoms with Gasteiger partial charge in [0.2, 0.25) is 5.16 Å². The van der Waals surface area contributed by atoms with Gasteiger partial charge in [0.25, 0.3) is 0 Å². The van der Waals surface area contributed by atoms with Crippen LogP contribution in [0, 0.1) is 0 Å². The Balaban J connectivity index is 1.52. The molecule has 0 amide bonds. The van der Waals surface area contributed by atoms with E-state index in [1.165, 1.54) is 0 Å². The number of quaternary nitrogens is 1. The van der Waals surface area contributed by atoms with E-state index in [0.29, 0.717) is 0 Å². The molecule has 7 heteroatoms. The lowest BCUT2D eigenvalue weighted by Crippen LogP contribution is -3.14. The summed E-state index contributed by atoms with van der Waals surface area (Å²) >= 11 is 1.69. The number of rotatable bonds is 4. The van der Waals surface area contributed by atoms with Crippen molar-refractivity contribution >= 4 is 33.8 Å². The van der Waals surface area contributed by atoms with E-state index in [9.17, 15) is 0 Å². The van der Waals surface area contributed by atoms with Crippen LogP contribution < -0.4 is 4.90 Å². The Hall–Kier alpha value is -1.70. The van der Waals surface area contributed by atoms with Crippen LogP contribution in [-0.2, 0) is 11.8 Å². The van der Waals surface area contributed by atoms with E-state index in [2.05, 4.69) is 26.9 Å². The largest absolute Gasteiger partial charge is 0.370 e. The average Bonchev–Trinajstić information content (AvgIpc) is 2.89. The Morgan fingerprint density at radius 1 is 1.22 bits per heavy atom. The molecule has 0 saturated carbocycles. The van der Waals surface area contributed by atoms with Crippen LogP contribution in [0.5, 0.6) is 0 Å². The molecule has 0 spiro atoms. The molecule has 2 aromatic heterocycles. The van der Waals surface area contributed by atoms with Gasteiger partial charge in [-0.25, -0.2) is 4.98 Å². The lowest BCUT2D eigenvalue weighted by Gasteiger charge is -2.23. The number of fused-ring (bicyclic) bond motifs is 3. The Kier molecular flexibility index (Phi) is 4.15. The molecule has 3 aromatic rings. The van der Waals surface area contributed by atoms with Gasteiger partial charge in [-0.2, -0.15) is 0 Å². The maximum atomic E-state index is 5.39. The Morgan fingerprint density at radius 3 is 2.91 bits per heavy atom. The fraction of sp³-hybridized carbons (Fsp3) is 0.438. The Morgan fingerprint density at radius 2 is 2.04 bits per heavy atom. The first kappa shape index (κ1) is 14.9. The number of aryl methyl sites for hydroxylation is 1. The van der Waals surface area contributed by atoms with Crippen LogP contribution >= 0.6 is 11.8 Å². The number of nitrogens with zero attached hydrogens (tertiary/aromatic N) is 4. The molecule has 0 bridgehead atoms. The minimum Gasteiger partial charge on any atom is -0.370 e. The van der Waals surface area contributed by atoms with Crippen LogP contribution in [-0.4, -0.2) is 58.3 Å². The second-order valence-electron chi connectivity index (χ2n) is 5.80. The van der Waals surface area contributed by atoms with Gasteiger partial charge in [-0.05, 0) is 6.07 Å². The molecule has 0 atom stereocenters. The predicted octanol–water partition coefficient (Wildman–Crippen LogP) is 0.524. The van der Waals surface area contributed by atoms with E-state index in [0.717, 1.165) is 65.8 Å². The van der Waals surface area contributed by atoms with Crippen molar-refractivity contribution in [3.63, 3.8) is 0 Å². The number of morpholine rings is 1. The summed E-state index contributed by atoms with van der Waals surface area (Å²) in [6.07, 6.45) is 0. The van der Waals surface area contributed by atoms with Gasteiger partial charge in [0.15, 0.2) is 5.65 Å². The maximum Gasteiger partial charge on any atom is 0.211 e. The minimum atomic E-state index is 0.760. The standard InChI is InChI=1S/C16H19N5OS/c1-20-13-5-3-2-4-12(13)14-15(20)17-16(19-18-14)23-11-8-21-6-9-22-10-7-21/h2-5H,6-11H2,1H3/p+1. The van der Waals surface area contributed by atoms with Gasteiger partial charge in [0.1, 0.15) is 18.6 Å². The van der Waals surface area contributed by atoms with Crippen molar-refractivity contribution in [3.8, 4) is 0 Å². The number of hydrogen-bond donors (Lipinski definition) is 1. The van der Waals surface area contributed by atoms with Crippen LogP contribution in [0.3, 0.4) is 0 Å². The first-order chi connectivity index (χ1) is 11.3. The minimum absolute atomic E-state index is 0.760. The number of para-hydroxylation sites is 1. The third-order valence-electron chi connectivity index (χ3n) is 4.37. The molecule has 1 aliphatic heterocycles. The molecule has 3 heterocycles. The average molecular weight is 330 g/mol. The third kappa shape index (κ3) is 2.91. The van der Waals surface area contributed by atoms with E-state index in [1.807, 2.05) is 19.2 Å². The van der Waals surface area contributed by atoms with Gasteiger partial charge in [-0.1, -0.05) is 30.0 Å². The highest BCUT2D eigenvalue weighted by Crippen LogP contribution is 2.25. The fourth-order valence-electron chi connectivity index (χ4n) is 3.05. The Labute approximate surface area is 138 Å². The van der Waals surface area contributed by atoms with E-state index in [1.54, 1.807) is 16.7 Å². The quantitative estimate of drug-likeness (QED) is 0.707. The second-order valence-corrected chi connectivity index (χ2v) is 6.87. The highest BCUT2D eigenvalue weighted by atomic mass is 32.2. The molecule has 1 aromatic carbocycles. The van der Waals surface area contributed by atoms with E-state index < -0.39 is 0 Å². The summed E-state index contributed by atoms with van der Waals surface area (Å²) in [6.45, 7) is 5.06. The van der Waals surface area contributed by atoms with Crippen molar-refractivity contribution < 1.29 is 9.64 Å². The smallest absolute Gasteiger partial charge is 0.211 e. The van der Waals surface area contributed by atoms with Gasteiger partial charge in [-0.15, -0.1) is 10.2 Å². The zero-order valence-electron chi connectivity index (χ0n) is 13.2. The van der Waals surface area contributed by atoms with Crippen molar-refractivity contribution in [1.29, 1.82) is 0 Å². The summed E-state index contributed by atoms with van der Waals surface area (Å²) in [7, 11) is 2.03. The first-order valence-electron chi connectivity index (χ1n) is 7.95. The van der Waals surface area contributed by atoms with Crippen molar-refractivity contribution in [2.45, 2.75) is 5.16 Å². The van der Waals surface area contributed by atoms with Gasteiger partial charge in [0.05, 0.1) is 31.0 Å². The number of aromatic nitrogens is 4. The van der Waals surface area contributed by atoms with Crippen LogP contribution in [0.4, 0.5) is 0 Å². The summed E-state index contributed by atoms with van der Waals surface area (Å²) in [4.78, 5) is 6.31. The van der Waals surface area contributed by atoms with Crippen LogP contribution in [0.15, 0.2) is 29.4 Å². The molecule has 0 aliphatic carbocycles. The SMILES string of the molecule is Cn1c2ccccc2c2nnc(SCC[NH+]3CCOCC3)nc21. The molecule has 23 heavy (non-hydrogen) atoms. The number of nitrogens with one attached hydrogen (secondary N) is 1. The second kappa shape index (κ2) is 6.43. The highest BCUT2D eigenvalue weighted by Gasteiger charge is 2.15. The molecular weight excluding hydrogens is 310 g/mol. The number of hydrogen-bond acceptors (Lipinski definition) is 5. The van der Waals surface area contributed by atoms with Crippen molar-refractivity contribution in [1.82, 2.24) is 19.7 Å². The normalized spacial score (nSPS) is 16.4. The predicted molar refractivity (Wildman–Crippen MR) is 90.9 cm³/mol. The maximum absolute atomic E-state index is 5.39. The van der Waals surface area contributed by atoms with Gasteiger partial charge in [-0.3, -0.25) is 0 Å². The van der Waals surface area contributed by atoms with Gasteiger partial charge >= 0.3 is 0 Å². The van der Waals surface area contributed by atoms with Crippen LogP contribution in [0.2, 0.25) is 0 Å². The zero-order valence-corrected chi connectivity index (χ0v) is 14.0. The molecule has 1 saturated heterocycles. The molecule has 120 valence electrons. The van der Waals surface area contributed by atoms with E-state index in [4.69, 9.17) is 9.72 Å². The van der Waals surface area contributed by atoms with Crippen LogP contribution in [0.1, 0.15) is 0 Å². The molecule has 0 radical (unpaired) electrons. The summed E-state index contributed by atoms with van der Waals surface area (Å²) in [5, 5.41) is 10.6. The van der Waals surface area contributed by atoms with Gasteiger partial charge < -0.3 is 14.2 Å². The van der Waals surface area contributed by atoms with E-state index >= 15 is 0 Å². The summed E-state index contributed by atoms with van der Waals surface area (Å²) in [5.74, 6) is 1.01. The molecule has 4 rings (SSSR count). The van der Waals surface area contributed by atoms with Crippen molar-refractivity contribution in [2.75, 3.05) is 38.6 Å². The molecule has 1 aliphatic rings. The summed E-state index contributed by atoms with van der Waals surface area (Å²) in [6, 6.07) is 8.22. The van der Waals surface area contributed by atoms with Crippen molar-refractivity contribution in [3.05, 3.63) is 24.3 Å². The van der Waals surface area contributed by atoms with Gasteiger partial charge in [0, 0.05) is 12.4 Å². The van der Waals surface area contributed by atoms with E-state index in [-0.39, 0.29) is 0 Å². The fourth-order valence-corrected chi connectivity index (χ4v) is 3.87. The van der Waals surface area contributed by atoms with Crippen LogP contribution in [0.25, 0.3) is 22.1 Å². The third-order valence-corrected chi connectivity index (χ3v) is 5.21. The Bertz CT molecular complexity index is 828. The summed E-state index contributed by atoms with van der Waals surface area (Å²) in [5.41, 5.74) is 2.93. The highest BCUT2D eigenvalue weighted by molar-refractivity contribution is 7.99. The molecule has 6 nitrogen and oxygen atoms in total. The molecule has 1 N–H and O–H groups in total. The number of benzene rings is 1. The number of thioether (sulfide) groups is 1. The first-order valence-corrected chi connectivity index (χ1v) is 8.93. The molecule has 0 unspecified atom stereocenters. The molecule has 1 fully saturated rings. The topological polar surface area (TPSA) is 57.3 Å². The lowest BCUT2D eigenvalue weighted by molar-refractivity contribution is -0.905.